The minimum atomic E-state index is -5.39. The summed E-state index contributed by atoms with van der Waals surface area (Å²) in [5.41, 5.74) is 0. The fourth-order valence-corrected chi connectivity index (χ4v) is 1.03. The molecule has 2 N–H and O–H groups in total. The van der Waals surface area contributed by atoms with Crippen LogP contribution < -0.4 is 29.4 Å². The molecule has 0 aliphatic heterocycles. The zero-order valence-corrected chi connectivity index (χ0v) is 15.4. The van der Waals surface area contributed by atoms with Gasteiger partial charge in [-0.3, -0.25) is 0 Å². The van der Waals surface area contributed by atoms with E-state index in [9.17, 15) is 0 Å². The molecule has 0 atom stereocenters. The normalized spacial score (nSPS) is 9.73. The molecule has 0 aliphatic carbocycles. The topological polar surface area (TPSA) is 204 Å². The second-order valence-corrected chi connectivity index (χ2v) is 5.45. The van der Waals surface area contributed by atoms with Crippen LogP contribution in [-0.4, -0.2) is 5.48 Å². The minimum Gasteiger partial charge on any atom is -0.822 e. The maximum absolute atomic E-state index is 8.55. The number of rotatable bonds is 6. The molecule has 0 spiro atoms. The third kappa shape index (κ3) is 194. The fourth-order valence-electron chi connectivity index (χ4n) is 1.03. The summed E-state index contributed by atoms with van der Waals surface area (Å²) >= 11 is 0. The molecular weight excluding hydrogens is 338 g/mol. The van der Waals surface area contributed by atoms with Gasteiger partial charge in [-0.2, -0.15) is 15.6 Å². The molecule has 0 aromatic rings. The van der Waals surface area contributed by atoms with Gasteiger partial charge in [-0.1, -0.05) is 72.6 Å². The molecule has 0 aromatic carbocycles. The first kappa shape index (κ1) is 33.7. The van der Waals surface area contributed by atoms with Gasteiger partial charge < -0.3 is 44.0 Å². The Bertz CT molecular complexity index is 220. The predicted octanol–water partition coefficient (Wildman–Crippen LogP) is -1.69. The lowest BCUT2D eigenvalue weighted by molar-refractivity contribution is -0.434. The molecule has 0 rings (SSSR count). The summed E-state index contributed by atoms with van der Waals surface area (Å²) in [6, 6.07) is 0. The molecule has 0 heterocycles. The van der Waals surface area contributed by atoms with E-state index in [1.807, 2.05) is 13.8 Å². The van der Waals surface area contributed by atoms with E-state index in [1.54, 1.807) is 0 Å². The average Bonchev–Trinajstić information content (AvgIpc) is 2.27. The third-order valence-corrected chi connectivity index (χ3v) is 1.71. The SMILES string of the molecule is CC.CCCCCCCCC.O.O=P([O-])([O-])[O-].O=P([O-])([O-])[O-]. The Hall–Kier alpha value is 0.180. The van der Waals surface area contributed by atoms with E-state index in [2.05, 4.69) is 13.8 Å². The first-order valence-corrected chi connectivity index (χ1v) is 9.80. The zero-order valence-electron chi connectivity index (χ0n) is 13.6. The zero-order chi connectivity index (χ0) is 17.9. The van der Waals surface area contributed by atoms with Crippen LogP contribution >= 0.6 is 15.6 Å². The Morgan fingerprint density at radius 1 is 0.591 bits per heavy atom. The van der Waals surface area contributed by atoms with E-state index in [0.29, 0.717) is 0 Å². The van der Waals surface area contributed by atoms with E-state index in [0.717, 1.165) is 0 Å². The van der Waals surface area contributed by atoms with Gasteiger partial charge in [0.25, 0.3) is 0 Å². The van der Waals surface area contributed by atoms with Crippen LogP contribution in [0, 0.1) is 0 Å². The molecule has 0 unspecified atom stereocenters. The fraction of sp³-hybridized carbons (Fsp3) is 1.00. The van der Waals surface area contributed by atoms with Gasteiger partial charge in [-0.05, 0) is 0 Å². The van der Waals surface area contributed by atoms with Gasteiger partial charge in [-0.15, -0.1) is 0 Å². The predicted molar refractivity (Wildman–Crippen MR) is 73.8 cm³/mol. The molecule has 9 nitrogen and oxygen atoms in total. The van der Waals surface area contributed by atoms with Crippen LogP contribution in [0.3, 0.4) is 0 Å². The number of unbranched alkanes of at least 4 members (excludes halogenated alkanes) is 6. The third-order valence-electron chi connectivity index (χ3n) is 1.71. The van der Waals surface area contributed by atoms with E-state index in [1.165, 1.54) is 44.9 Å². The summed E-state index contributed by atoms with van der Waals surface area (Å²) in [4.78, 5) is 51.3. The maximum Gasteiger partial charge on any atom is -0.0533 e. The van der Waals surface area contributed by atoms with Gasteiger partial charge in [0.05, 0.1) is 0 Å². The largest absolute Gasteiger partial charge is 0.822 e. The van der Waals surface area contributed by atoms with Crippen molar-refractivity contribution in [1.82, 2.24) is 0 Å². The first-order chi connectivity index (χ1) is 9.41. The summed E-state index contributed by atoms with van der Waals surface area (Å²) in [6.07, 6.45) is 9.97. The van der Waals surface area contributed by atoms with Crippen LogP contribution in [0.1, 0.15) is 72.6 Å². The van der Waals surface area contributed by atoms with E-state index in [-0.39, 0.29) is 5.48 Å². The molecule has 0 bridgehead atoms. The highest BCUT2D eigenvalue weighted by Crippen LogP contribution is 2.05. The molecule has 11 heteroatoms. The second-order valence-electron chi connectivity index (χ2n) is 3.66. The number of hydrogen-bond donors (Lipinski definition) is 0. The molecule has 0 amide bonds. The number of phosphoric acid groups is 2. The summed E-state index contributed by atoms with van der Waals surface area (Å²) in [7, 11) is -10.8. The van der Waals surface area contributed by atoms with Crippen LogP contribution in [0.2, 0.25) is 0 Å². The summed E-state index contributed by atoms with van der Waals surface area (Å²) < 4.78 is 17.1. The van der Waals surface area contributed by atoms with Crippen LogP contribution in [0.5, 0.6) is 0 Å². The Labute approximate surface area is 133 Å². The van der Waals surface area contributed by atoms with Gasteiger partial charge in [0.2, 0.25) is 0 Å². The number of hydrogen-bond acceptors (Lipinski definition) is 8. The molecule has 0 saturated heterocycles. The van der Waals surface area contributed by atoms with Crippen molar-refractivity contribution in [2.45, 2.75) is 72.6 Å². The Kier molecular flexibility index (Phi) is 35.9. The molecular formula is C11H28O9P2-6. The van der Waals surface area contributed by atoms with E-state index >= 15 is 0 Å². The molecule has 0 aliphatic rings. The molecule has 0 aromatic heterocycles. The molecule has 0 radical (unpaired) electrons. The van der Waals surface area contributed by atoms with Gasteiger partial charge in [0.1, 0.15) is 0 Å². The quantitative estimate of drug-likeness (QED) is 0.390. The van der Waals surface area contributed by atoms with Crippen LogP contribution in [-0.2, 0) is 9.13 Å². The summed E-state index contributed by atoms with van der Waals surface area (Å²) in [5, 5.41) is 0. The van der Waals surface area contributed by atoms with Crippen molar-refractivity contribution in [1.29, 1.82) is 0 Å². The van der Waals surface area contributed by atoms with Crippen molar-refractivity contribution >= 4 is 15.6 Å². The monoisotopic (exact) mass is 366 g/mol. The van der Waals surface area contributed by atoms with E-state index in [4.69, 9.17) is 38.5 Å². The van der Waals surface area contributed by atoms with Gasteiger partial charge in [0.15, 0.2) is 0 Å². The Morgan fingerprint density at radius 3 is 0.864 bits per heavy atom. The highest BCUT2D eigenvalue weighted by atomic mass is 31.2. The van der Waals surface area contributed by atoms with Gasteiger partial charge >= 0.3 is 0 Å². The lowest BCUT2D eigenvalue weighted by Gasteiger charge is -2.36. The standard InChI is InChI=1S/C9H20.C2H6.2H3O4P.H2O/c1-3-5-7-9-8-6-4-2;1-2;2*1-5(2,3)4;/h3-9H2,1-2H3;1-2H3;2*(H3,1,2,3,4);1H2/p-6. The minimum absolute atomic E-state index is 0. The van der Waals surface area contributed by atoms with Crippen LogP contribution in [0.4, 0.5) is 0 Å². The lowest BCUT2D eigenvalue weighted by Crippen LogP contribution is -2.24. The van der Waals surface area contributed by atoms with Crippen molar-refractivity contribution in [3.8, 4) is 0 Å². The molecule has 22 heavy (non-hydrogen) atoms. The summed E-state index contributed by atoms with van der Waals surface area (Å²) in [5.74, 6) is 0. The highest BCUT2D eigenvalue weighted by Gasteiger charge is 1.85. The Balaban J connectivity index is -0.0000000644. The lowest BCUT2D eigenvalue weighted by atomic mass is 10.1. The second kappa shape index (κ2) is 23.4. The van der Waals surface area contributed by atoms with Crippen molar-refractivity contribution in [3.05, 3.63) is 0 Å². The molecule has 0 fully saturated rings. The van der Waals surface area contributed by atoms with E-state index < -0.39 is 15.6 Å². The van der Waals surface area contributed by atoms with Crippen molar-refractivity contribution < 1.29 is 44.0 Å². The van der Waals surface area contributed by atoms with Crippen molar-refractivity contribution in [2.75, 3.05) is 0 Å². The molecule has 0 saturated carbocycles. The van der Waals surface area contributed by atoms with Gasteiger partial charge in [0, 0.05) is 0 Å². The van der Waals surface area contributed by atoms with Gasteiger partial charge in [-0.25, -0.2) is 0 Å². The maximum atomic E-state index is 8.55. The Morgan fingerprint density at radius 2 is 0.727 bits per heavy atom. The molecule has 142 valence electrons. The van der Waals surface area contributed by atoms with Crippen molar-refractivity contribution in [3.63, 3.8) is 0 Å². The van der Waals surface area contributed by atoms with Crippen molar-refractivity contribution in [2.24, 2.45) is 0 Å². The first-order valence-electron chi connectivity index (χ1n) is 6.87. The smallest absolute Gasteiger partial charge is 0.0533 e. The highest BCUT2D eigenvalue weighted by molar-refractivity contribution is 7.40. The van der Waals surface area contributed by atoms with Crippen LogP contribution in [0.15, 0.2) is 0 Å². The summed E-state index contributed by atoms with van der Waals surface area (Å²) in [6.45, 7) is 8.53. The average molecular weight is 366 g/mol. The van der Waals surface area contributed by atoms with Crippen LogP contribution in [0.25, 0.3) is 0 Å².